The Morgan fingerprint density at radius 3 is 2.82 bits per heavy atom. The predicted molar refractivity (Wildman–Crippen MR) is 78.1 cm³/mol. The quantitative estimate of drug-likeness (QED) is 0.771. The molecule has 124 valence electrons. The van der Waals surface area contributed by atoms with Crippen LogP contribution in [0, 0.1) is 5.92 Å². The second kappa shape index (κ2) is 6.60. The molecule has 1 aliphatic rings. The Hall–Kier alpha value is -1.70. The minimum atomic E-state index is -2.54. The number of amides is 1. The minimum Gasteiger partial charge on any atom is -0.394 e. The van der Waals surface area contributed by atoms with E-state index in [1.807, 2.05) is 13.8 Å². The second-order valence-corrected chi connectivity index (χ2v) is 6.04. The lowest BCUT2D eigenvalue weighted by atomic mass is 10.0. The van der Waals surface area contributed by atoms with Crippen molar-refractivity contribution < 1.29 is 18.7 Å². The van der Waals surface area contributed by atoms with Crippen molar-refractivity contribution in [1.29, 1.82) is 0 Å². The first-order chi connectivity index (χ1) is 10.3. The monoisotopic (exact) mass is 316 g/mol. The fourth-order valence-electron chi connectivity index (χ4n) is 2.56. The summed E-state index contributed by atoms with van der Waals surface area (Å²) in [7, 11) is 0. The van der Waals surface area contributed by atoms with Gasteiger partial charge in [-0.1, -0.05) is 13.8 Å². The molecule has 3 N–H and O–H groups in total. The third-order valence-corrected chi connectivity index (χ3v) is 3.94. The SMILES string of the molecule is CC(C)[C@@H](CO)NC(=O)c1cnn2c1N[C@@H](C)C[C@H]2C(F)F. The predicted octanol–water partition coefficient (Wildman–Crippen LogP) is 1.64. The highest BCUT2D eigenvalue weighted by Crippen LogP contribution is 2.33. The number of hydrogen-bond acceptors (Lipinski definition) is 4. The summed E-state index contributed by atoms with van der Waals surface area (Å²) in [6.45, 7) is 5.36. The fourth-order valence-corrected chi connectivity index (χ4v) is 2.56. The molecule has 0 fully saturated rings. The van der Waals surface area contributed by atoms with Gasteiger partial charge < -0.3 is 15.7 Å². The van der Waals surface area contributed by atoms with Gasteiger partial charge in [0.1, 0.15) is 17.4 Å². The van der Waals surface area contributed by atoms with Crippen LogP contribution in [-0.4, -0.2) is 45.9 Å². The van der Waals surface area contributed by atoms with Crippen molar-refractivity contribution in [2.75, 3.05) is 11.9 Å². The van der Waals surface area contributed by atoms with Gasteiger partial charge in [0.05, 0.1) is 18.8 Å². The molecule has 0 saturated heterocycles. The number of aliphatic hydroxyl groups excluding tert-OH is 1. The van der Waals surface area contributed by atoms with Crippen LogP contribution in [0.25, 0.3) is 0 Å². The summed E-state index contributed by atoms with van der Waals surface area (Å²) in [6, 6.07) is -1.60. The maximum absolute atomic E-state index is 13.1. The standard InChI is InChI=1S/C14H22F2N4O2/c1-7(2)10(6-21)19-14(22)9-5-17-20-11(12(15)16)4-8(3)18-13(9)20/h5,7-8,10-12,18,21H,4,6H2,1-3H3,(H,19,22)/t8-,10+,11-/m0/s1. The van der Waals surface area contributed by atoms with E-state index in [2.05, 4.69) is 15.7 Å². The normalized spacial score (nSPS) is 22.4. The van der Waals surface area contributed by atoms with Gasteiger partial charge in [-0.2, -0.15) is 5.10 Å². The molecule has 1 aromatic rings. The number of carbonyl (C=O) groups is 1. The van der Waals surface area contributed by atoms with Crippen LogP contribution in [0.4, 0.5) is 14.6 Å². The molecule has 0 aliphatic carbocycles. The Labute approximate surface area is 127 Å². The van der Waals surface area contributed by atoms with Crippen molar-refractivity contribution >= 4 is 11.7 Å². The van der Waals surface area contributed by atoms with Crippen LogP contribution < -0.4 is 10.6 Å². The topological polar surface area (TPSA) is 79.2 Å². The first kappa shape index (κ1) is 16.7. The first-order valence-electron chi connectivity index (χ1n) is 7.39. The number of fused-ring (bicyclic) bond motifs is 1. The Bertz CT molecular complexity index is 533. The van der Waals surface area contributed by atoms with Crippen LogP contribution in [-0.2, 0) is 0 Å². The summed E-state index contributed by atoms with van der Waals surface area (Å²) in [5.41, 5.74) is 0.219. The Morgan fingerprint density at radius 1 is 1.59 bits per heavy atom. The number of nitrogens with one attached hydrogen (secondary N) is 2. The summed E-state index contributed by atoms with van der Waals surface area (Å²) in [6.07, 6.45) is -1.00. The minimum absolute atomic E-state index is 0.0565. The third kappa shape index (κ3) is 3.21. The van der Waals surface area contributed by atoms with Crippen molar-refractivity contribution in [2.24, 2.45) is 5.92 Å². The zero-order valence-electron chi connectivity index (χ0n) is 12.9. The van der Waals surface area contributed by atoms with E-state index in [0.717, 1.165) is 0 Å². The summed E-state index contributed by atoms with van der Waals surface area (Å²) < 4.78 is 27.4. The van der Waals surface area contributed by atoms with E-state index in [1.165, 1.54) is 10.9 Å². The highest BCUT2D eigenvalue weighted by atomic mass is 19.3. The highest BCUT2D eigenvalue weighted by Gasteiger charge is 2.34. The van der Waals surface area contributed by atoms with Crippen LogP contribution >= 0.6 is 0 Å². The lowest BCUT2D eigenvalue weighted by Crippen LogP contribution is -2.41. The van der Waals surface area contributed by atoms with Crippen molar-refractivity contribution in [2.45, 2.75) is 51.7 Å². The average molecular weight is 316 g/mol. The number of rotatable bonds is 5. The van der Waals surface area contributed by atoms with Crippen molar-refractivity contribution in [3.8, 4) is 0 Å². The van der Waals surface area contributed by atoms with E-state index in [1.54, 1.807) is 6.92 Å². The Morgan fingerprint density at radius 2 is 2.27 bits per heavy atom. The molecule has 0 radical (unpaired) electrons. The molecule has 0 unspecified atom stereocenters. The number of anilines is 1. The summed E-state index contributed by atoms with van der Waals surface area (Å²) in [4.78, 5) is 12.3. The van der Waals surface area contributed by atoms with Crippen molar-refractivity contribution in [3.05, 3.63) is 11.8 Å². The van der Waals surface area contributed by atoms with Gasteiger partial charge in [0.2, 0.25) is 0 Å². The van der Waals surface area contributed by atoms with E-state index in [4.69, 9.17) is 0 Å². The number of alkyl halides is 2. The highest BCUT2D eigenvalue weighted by molar-refractivity contribution is 5.99. The number of nitrogens with zero attached hydrogens (tertiary/aromatic N) is 2. The van der Waals surface area contributed by atoms with Crippen LogP contribution in [0.2, 0.25) is 0 Å². The Kier molecular flexibility index (Phi) is 5.00. The molecule has 1 aromatic heterocycles. The Balaban J connectivity index is 2.25. The van der Waals surface area contributed by atoms with Gasteiger partial charge >= 0.3 is 0 Å². The molecule has 0 saturated carbocycles. The molecule has 3 atom stereocenters. The second-order valence-electron chi connectivity index (χ2n) is 6.04. The summed E-state index contributed by atoms with van der Waals surface area (Å²) in [5, 5.41) is 19.0. The molecule has 8 heteroatoms. The largest absolute Gasteiger partial charge is 0.394 e. The van der Waals surface area contributed by atoms with Gasteiger partial charge in [-0.25, -0.2) is 13.5 Å². The van der Waals surface area contributed by atoms with Crippen LogP contribution in [0.5, 0.6) is 0 Å². The summed E-state index contributed by atoms with van der Waals surface area (Å²) >= 11 is 0. The van der Waals surface area contributed by atoms with Gasteiger partial charge in [-0.3, -0.25) is 4.79 Å². The number of carbonyl (C=O) groups excluding carboxylic acids is 1. The number of aliphatic hydroxyl groups is 1. The molecule has 0 spiro atoms. The zero-order valence-corrected chi connectivity index (χ0v) is 12.9. The molecule has 2 heterocycles. The van der Waals surface area contributed by atoms with Gasteiger partial charge in [0.25, 0.3) is 12.3 Å². The lowest BCUT2D eigenvalue weighted by Gasteiger charge is -2.30. The van der Waals surface area contributed by atoms with E-state index in [-0.39, 0.29) is 30.6 Å². The van der Waals surface area contributed by atoms with E-state index < -0.39 is 24.4 Å². The number of halogens is 2. The number of aromatic nitrogens is 2. The molecule has 1 aliphatic heterocycles. The third-order valence-electron chi connectivity index (χ3n) is 3.94. The zero-order chi connectivity index (χ0) is 16.4. The average Bonchev–Trinajstić information content (AvgIpc) is 2.86. The molecule has 1 amide bonds. The van der Waals surface area contributed by atoms with Crippen LogP contribution in [0.3, 0.4) is 0 Å². The van der Waals surface area contributed by atoms with Crippen molar-refractivity contribution in [1.82, 2.24) is 15.1 Å². The van der Waals surface area contributed by atoms with Crippen molar-refractivity contribution in [3.63, 3.8) is 0 Å². The molecular formula is C14H22F2N4O2. The molecule has 22 heavy (non-hydrogen) atoms. The molecular weight excluding hydrogens is 294 g/mol. The molecule has 0 bridgehead atoms. The first-order valence-corrected chi connectivity index (χ1v) is 7.39. The van der Waals surface area contributed by atoms with Gasteiger partial charge in [0, 0.05) is 6.04 Å². The molecule has 0 aromatic carbocycles. The van der Waals surface area contributed by atoms with E-state index >= 15 is 0 Å². The maximum atomic E-state index is 13.1. The van der Waals surface area contributed by atoms with Gasteiger partial charge in [-0.05, 0) is 19.3 Å². The maximum Gasteiger partial charge on any atom is 0.260 e. The lowest BCUT2D eigenvalue weighted by molar-refractivity contribution is 0.0666. The molecule has 2 rings (SSSR count). The summed E-state index contributed by atoms with van der Waals surface area (Å²) in [5.74, 6) is -0.0633. The molecule has 6 nitrogen and oxygen atoms in total. The van der Waals surface area contributed by atoms with E-state index in [0.29, 0.717) is 5.82 Å². The fraction of sp³-hybridized carbons (Fsp3) is 0.714. The van der Waals surface area contributed by atoms with E-state index in [9.17, 15) is 18.7 Å². The van der Waals surface area contributed by atoms with Gasteiger partial charge in [-0.15, -0.1) is 0 Å². The van der Waals surface area contributed by atoms with Gasteiger partial charge in [0.15, 0.2) is 0 Å². The van der Waals surface area contributed by atoms with Crippen LogP contribution in [0.15, 0.2) is 6.20 Å². The smallest absolute Gasteiger partial charge is 0.260 e. The number of hydrogen-bond donors (Lipinski definition) is 3. The van der Waals surface area contributed by atoms with Crippen LogP contribution in [0.1, 0.15) is 43.6 Å².